The van der Waals surface area contributed by atoms with E-state index in [1.807, 2.05) is 30.3 Å². The summed E-state index contributed by atoms with van der Waals surface area (Å²) < 4.78 is 25.4. The number of hydrogen-bond donors (Lipinski definition) is 0. The third kappa shape index (κ3) is 4.90. The van der Waals surface area contributed by atoms with Crippen molar-refractivity contribution in [2.75, 3.05) is 34.9 Å². The summed E-state index contributed by atoms with van der Waals surface area (Å²) in [6.45, 7) is -0.0111. The Hall–Kier alpha value is -1.47. The molecule has 6 nitrogen and oxygen atoms in total. The van der Waals surface area contributed by atoms with Crippen LogP contribution in [0.2, 0.25) is 0 Å². The van der Waals surface area contributed by atoms with Gasteiger partial charge in [0.1, 0.15) is 19.7 Å². The van der Waals surface area contributed by atoms with Crippen molar-refractivity contribution in [1.29, 1.82) is 0 Å². The maximum Gasteiger partial charge on any atom is 0.338 e. The summed E-state index contributed by atoms with van der Waals surface area (Å²) in [7, 11) is 4.27. The lowest BCUT2D eigenvalue weighted by molar-refractivity contribution is -0.189. The van der Waals surface area contributed by atoms with Crippen molar-refractivity contribution in [1.82, 2.24) is 0 Å². The van der Waals surface area contributed by atoms with Crippen LogP contribution in [-0.4, -0.2) is 47.0 Å². The van der Waals surface area contributed by atoms with Crippen molar-refractivity contribution in [3.63, 3.8) is 0 Å². The average molecular weight is 284 g/mol. The highest BCUT2D eigenvalue weighted by atomic mass is 16.7. The molecule has 20 heavy (non-hydrogen) atoms. The van der Waals surface area contributed by atoms with Gasteiger partial charge in [-0.1, -0.05) is 30.3 Å². The second-order valence-electron chi connectivity index (χ2n) is 3.92. The first-order valence-electron chi connectivity index (χ1n) is 6.08. The molecular weight excluding hydrogens is 264 g/mol. The van der Waals surface area contributed by atoms with Gasteiger partial charge in [0.05, 0.1) is 7.11 Å². The number of benzene rings is 1. The second kappa shape index (κ2) is 9.44. The minimum atomic E-state index is -0.933. The van der Waals surface area contributed by atoms with Crippen LogP contribution >= 0.6 is 0 Å². The molecule has 0 saturated carbocycles. The topological polar surface area (TPSA) is 63.2 Å². The van der Waals surface area contributed by atoms with Gasteiger partial charge in [-0.05, 0) is 5.56 Å². The van der Waals surface area contributed by atoms with Gasteiger partial charge in [0, 0.05) is 14.2 Å². The molecule has 0 fully saturated rings. The number of ether oxygens (including phenoxy) is 5. The van der Waals surface area contributed by atoms with E-state index in [1.165, 1.54) is 21.3 Å². The lowest BCUT2D eigenvalue weighted by Crippen LogP contribution is -2.34. The van der Waals surface area contributed by atoms with Crippen LogP contribution in [-0.2, 0) is 28.5 Å². The van der Waals surface area contributed by atoms with Crippen molar-refractivity contribution in [2.24, 2.45) is 0 Å². The fraction of sp³-hybridized carbons (Fsp3) is 0.500. The fourth-order valence-corrected chi connectivity index (χ4v) is 1.68. The first kappa shape index (κ1) is 16.6. The zero-order valence-corrected chi connectivity index (χ0v) is 11.9. The molecule has 0 unspecified atom stereocenters. The van der Waals surface area contributed by atoms with E-state index in [4.69, 9.17) is 23.7 Å². The average Bonchev–Trinajstić information content (AvgIpc) is 2.50. The van der Waals surface area contributed by atoms with E-state index in [-0.39, 0.29) is 13.6 Å². The molecule has 0 saturated heterocycles. The normalized spacial score (nSPS) is 13.8. The number of carbonyl (C=O) groups excluding carboxylic acids is 1. The zero-order valence-electron chi connectivity index (χ0n) is 11.9. The molecule has 112 valence electrons. The van der Waals surface area contributed by atoms with Gasteiger partial charge in [-0.25, -0.2) is 4.79 Å². The smallest absolute Gasteiger partial charge is 0.338 e. The highest BCUT2D eigenvalue weighted by Gasteiger charge is 2.32. The summed E-state index contributed by atoms with van der Waals surface area (Å²) in [6.07, 6.45) is -1.57. The van der Waals surface area contributed by atoms with Crippen LogP contribution in [0.4, 0.5) is 0 Å². The molecule has 0 aliphatic heterocycles. The van der Waals surface area contributed by atoms with Crippen LogP contribution in [0.3, 0.4) is 0 Å². The molecule has 0 spiro atoms. The quantitative estimate of drug-likeness (QED) is 0.506. The molecule has 0 amide bonds. The van der Waals surface area contributed by atoms with Crippen molar-refractivity contribution >= 4 is 5.97 Å². The number of hydrogen-bond acceptors (Lipinski definition) is 6. The minimum absolute atomic E-state index is 0.0311. The van der Waals surface area contributed by atoms with Gasteiger partial charge in [-0.2, -0.15) is 0 Å². The first-order valence-corrected chi connectivity index (χ1v) is 6.08. The Balaban J connectivity index is 2.94. The highest BCUT2D eigenvalue weighted by Crippen LogP contribution is 2.24. The largest absolute Gasteiger partial charge is 0.467 e. The van der Waals surface area contributed by atoms with Crippen LogP contribution in [0.1, 0.15) is 11.7 Å². The summed E-state index contributed by atoms with van der Waals surface area (Å²) in [5.41, 5.74) is 0.788. The Morgan fingerprint density at radius 1 is 1.00 bits per heavy atom. The van der Waals surface area contributed by atoms with E-state index in [0.29, 0.717) is 0 Å². The Bertz CT molecular complexity index is 381. The Labute approximate surface area is 118 Å². The monoisotopic (exact) mass is 284 g/mol. The molecular formula is C14H20O6. The van der Waals surface area contributed by atoms with E-state index in [9.17, 15) is 4.79 Å². The van der Waals surface area contributed by atoms with Crippen LogP contribution < -0.4 is 0 Å². The van der Waals surface area contributed by atoms with Crippen LogP contribution in [0.5, 0.6) is 0 Å². The number of esters is 1. The minimum Gasteiger partial charge on any atom is -0.467 e. The van der Waals surface area contributed by atoms with Crippen molar-refractivity contribution in [3.05, 3.63) is 35.9 Å². The van der Waals surface area contributed by atoms with Gasteiger partial charge in [-0.15, -0.1) is 0 Å². The van der Waals surface area contributed by atoms with Gasteiger partial charge in [0.2, 0.25) is 0 Å². The van der Waals surface area contributed by atoms with Gasteiger partial charge in [0.25, 0.3) is 0 Å². The van der Waals surface area contributed by atoms with Gasteiger partial charge in [-0.3, -0.25) is 0 Å². The van der Waals surface area contributed by atoms with E-state index in [2.05, 4.69) is 0 Å². The Morgan fingerprint density at radius 3 is 2.15 bits per heavy atom. The number of rotatable bonds is 9. The molecule has 0 bridgehead atoms. The SMILES string of the molecule is COCO[C@@H](C(=O)OC)[C@@H](OCOC)c1ccccc1. The fourth-order valence-electron chi connectivity index (χ4n) is 1.68. The third-order valence-corrected chi connectivity index (χ3v) is 2.57. The maximum absolute atomic E-state index is 11.9. The van der Waals surface area contributed by atoms with Gasteiger partial charge in [0.15, 0.2) is 6.10 Å². The predicted octanol–water partition coefficient (Wildman–Crippen LogP) is 1.51. The van der Waals surface area contributed by atoms with Crippen molar-refractivity contribution < 1.29 is 28.5 Å². The van der Waals surface area contributed by atoms with Gasteiger partial charge < -0.3 is 23.7 Å². The third-order valence-electron chi connectivity index (χ3n) is 2.57. The van der Waals surface area contributed by atoms with Crippen molar-refractivity contribution in [2.45, 2.75) is 12.2 Å². The summed E-state index contributed by atoms with van der Waals surface area (Å²) in [6, 6.07) is 9.26. The molecule has 2 atom stereocenters. The zero-order chi connectivity index (χ0) is 14.8. The molecule has 0 aromatic heterocycles. The van der Waals surface area contributed by atoms with Crippen LogP contribution in [0, 0.1) is 0 Å². The number of carbonyl (C=O) groups is 1. The molecule has 6 heteroatoms. The first-order chi connectivity index (χ1) is 9.74. The second-order valence-corrected chi connectivity index (χ2v) is 3.92. The number of methoxy groups -OCH3 is 3. The molecule has 0 heterocycles. The summed E-state index contributed by atoms with van der Waals surface area (Å²) in [4.78, 5) is 11.9. The standard InChI is InChI=1S/C14H20O6/c1-16-9-19-12(11-7-5-4-6-8-11)13(14(15)18-3)20-10-17-2/h4-8,12-13H,9-10H2,1-3H3/t12-,13+/m0/s1. The van der Waals surface area contributed by atoms with E-state index < -0.39 is 18.2 Å². The maximum atomic E-state index is 11.9. The van der Waals surface area contributed by atoms with Gasteiger partial charge >= 0.3 is 5.97 Å². The van der Waals surface area contributed by atoms with E-state index in [0.717, 1.165) is 5.56 Å². The molecule has 0 radical (unpaired) electrons. The van der Waals surface area contributed by atoms with E-state index >= 15 is 0 Å². The van der Waals surface area contributed by atoms with Crippen LogP contribution in [0.25, 0.3) is 0 Å². The summed E-state index contributed by atoms with van der Waals surface area (Å²) >= 11 is 0. The Kier molecular flexibility index (Phi) is 7.82. The van der Waals surface area contributed by atoms with E-state index in [1.54, 1.807) is 0 Å². The molecule has 0 N–H and O–H groups in total. The molecule has 1 rings (SSSR count). The Morgan fingerprint density at radius 2 is 1.60 bits per heavy atom. The molecule has 1 aromatic rings. The van der Waals surface area contributed by atoms with Crippen molar-refractivity contribution in [3.8, 4) is 0 Å². The predicted molar refractivity (Wildman–Crippen MR) is 70.9 cm³/mol. The summed E-state index contributed by atoms with van der Waals surface area (Å²) in [5, 5.41) is 0. The lowest BCUT2D eigenvalue weighted by atomic mass is 10.0. The van der Waals surface area contributed by atoms with Crippen LogP contribution in [0.15, 0.2) is 30.3 Å². The molecule has 0 aliphatic rings. The molecule has 0 aliphatic carbocycles. The highest BCUT2D eigenvalue weighted by molar-refractivity contribution is 5.75. The molecule has 1 aromatic carbocycles. The summed E-state index contributed by atoms with van der Waals surface area (Å²) in [5.74, 6) is -0.535. The lowest BCUT2D eigenvalue weighted by Gasteiger charge is -2.25.